The molecule has 1 aliphatic rings. The maximum atomic E-state index is 13.0. The van der Waals surface area contributed by atoms with Gasteiger partial charge in [0.25, 0.3) is 5.56 Å². The lowest BCUT2D eigenvalue weighted by Gasteiger charge is -2.26. The molecule has 196 valence electrons. The van der Waals surface area contributed by atoms with Gasteiger partial charge in [0, 0.05) is 42.5 Å². The Balaban J connectivity index is 1.33. The van der Waals surface area contributed by atoms with E-state index in [1.807, 2.05) is 47.4 Å². The van der Waals surface area contributed by atoms with Crippen LogP contribution in [0.25, 0.3) is 10.9 Å². The minimum Gasteiger partial charge on any atom is -0.493 e. The van der Waals surface area contributed by atoms with Crippen molar-refractivity contribution in [3.05, 3.63) is 88.0 Å². The van der Waals surface area contributed by atoms with Gasteiger partial charge in [-0.15, -0.1) is 0 Å². The monoisotopic (exact) mass is 532 g/mol. The van der Waals surface area contributed by atoms with E-state index < -0.39 is 0 Å². The van der Waals surface area contributed by atoms with Gasteiger partial charge in [-0.2, -0.15) is 0 Å². The van der Waals surface area contributed by atoms with E-state index in [0.29, 0.717) is 58.8 Å². The van der Waals surface area contributed by atoms with Gasteiger partial charge in [-0.3, -0.25) is 9.78 Å². The van der Waals surface area contributed by atoms with Crippen LogP contribution in [-0.4, -0.2) is 47.5 Å². The van der Waals surface area contributed by atoms with E-state index in [2.05, 4.69) is 15.3 Å². The third-order valence-electron chi connectivity index (χ3n) is 6.30. The van der Waals surface area contributed by atoms with Crippen LogP contribution in [0.15, 0.2) is 65.7 Å². The molecule has 0 spiro atoms. The molecular weight excluding hydrogens is 504 g/mol. The molecule has 2 N–H and O–H groups in total. The Morgan fingerprint density at radius 2 is 1.87 bits per heavy atom. The Bertz CT molecular complexity index is 1510. The summed E-state index contributed by atoms with van der Waals surface area (Å²) >= 11 is 5.78. The van der Waals surface area contributed by atoms with Gasteiger partial charge < -0.3 is 34.1 Å². The third kappa shape index (κ3) is 5.65. The van der Waals surface area contributed by atoms with Crippen molar-refractivity contribution in [3.63, 3.8) is 0 Å². The Hall–Kier alpha value is -4.31. The largest absolute Gasteiger partial charge is 0.493 e. The zero-order valence-corrected chi connectivity index (χ0v) is 22.0. The molecule has 4 aromatic rings. The first kappa shape index (κ1) is 25.3. The predicted octanol–water partition coefficient (Wildman–Crippen LogP) is 3.79. The number of hydrogen-bond acceptors (Lipinski definition) is 7. The highest BCUT2D eigenvalue weighted by Gasteiger charge is 2.18. The van der Waals surface area contributed by atoms with Crippen LogP contribution in [0.2, 0.25) is 0 Å². The van der Waals surface area contributed by atoms with Crippen molar-refractivity contribution in [1.82, 2.24) is 20.2 Å². The van der Waals surface area contributed by atoms with Crippen molar-refractivity contribution in [2.75, 3.05) is 27.6 Å². The van der Waals surface area contributed by atoms with Crippen LogP contribution in [0.4, 0.5) is 0 Å². The molecule has 2 aromatic heterocycles. The number of hydrogen-bond donors (Lipinski definition) is 2. The summed E-state index contributed by atoms with van der Waals surface area (Å²) in [6.45, 7) is 1.59. The molecule has 3 heterocycles. The van der Waals surface area contributed by atoms with Gasteiger partial charge >= 0.3 is 0 Å². The van der Waals surface area contributed by atoms with Gasteiger partial charge in [0.2, 0.25) is 6.79 Å². The minimum atomic E-state index is -0.180. The minimum absolute atomic E-state index is 0.172. The molecule has 5 rings (SSSR count). The number of aromatic amines is 1. The zero-order valence-electron chi connectivity index (χ0n) is 21.2. The zero-order chi connectivity index (χ0) is 26.5. The molecule has 0 bridgehead atoms. The molecule has 38 heavy (non-hydrogen) atoms. The lowest BCUT2D eigenvalue weighted by Crippen LogP contribution is -2.40. The number of thiocarbonyl (C=S) groups is 1. The second kappa shape index (κ2) is 11.4. The standard InChI is InChI=1S/C28H28N4O5S/c1-34-23-6-5-18(10-24(23)35-2)7-9-30-28(38)32(15-19-4-3-8-29-14-19)16-21-11-20-12-25-26(37-17-36-25)13-22(20)31-27(21)33/h3-6,8,10-14H,7,9,15-17H2,1-2H3,(H,30,38)(H,31,33). The lowest BCUT2D eigenvalue weighted by molar-refractivity contribution is 0.174. The molecular formula is C28H28N4O5S. The first-order valence-electron chi connectivity index (χ1n) is 12.1. The summed E-state index contributed by atoms with van der Waals surface area (Å²) in [6, 6.07) is 15.2. The van der Waals surface area contributed by atoms with E-state index >= 15 is 0 Å². The molecule has 0 saturated carbocycles. The van der Waals surface area contributed by atoms with Crippen molar-refractivity contribution < 1.29 is 18.9 Å². The van der Waals surface area contributed by atoms with Crippen molar-refractivity contribution in [3.8, 4) is 23.0 Å². The van der Waals surface area contributed by atoms with Crippen LogP contribution in [0.5, 0.6) is 23.0 Å². The van der Waals surface area contributed by atoms with Crippen LogP contribution < -0.4 is 29.8 Å². The summed E-state index contributed by atoms with van der Waals surface area (Å²) in [5.74, 6) is 2.66. The maximum Gasteiger partial charge on any atom is 0.253 e. The summed E-state index contributed by atoms with van der Waals surface area (Å²) in [4.78, 5) is 22.2. The normalized spacial score (nSPS) is 11.8. The van der Waals surface area contributed by atoms with Gasteiger partial charge in [-0.05, 0) is 60.1 Å². The van der Waals surface area contributed by atoms with Crippen LogP contribution >= 0.6 is 12.2 Å². The van der Waals surface area contributed by atoms with Crippen molar-refractivity contribution in [1.29, 1.82) is 0 Å². The van der Waals surface area contributed by atoms with Crippen LogP contribution in [-0.2, 0) is 19.5 Å². The van der Waals surface area contributed by atoms with Gasteiger partial charge in [0.05, 0.1) is 26.3 Å². The average Bonchev–Trinajstić information content (AvgIpc) is 3.39. The molecule has 0 amide bonds. The number of pyridine rings is 2. The Labute approximate surface area is 225 Å². The second-order valence-corrected chi connectivity index (χ2v) is 9.19. The highest BCUT2D eigenvalue weighted by molar-refractivity contribution is 7.80. The number of methoxy groups -OCH3 is 2. The lowest BCUT2D eigenvalue weighted by atomic mass is 10.1. The number of fused-ring (bicyclic) bond motifs is 2. The van der Waals surface area contributed by atoms with E-state index in [4.69, 9.17) is 31.2 Å². The topological polar surface area (TPSA) is 97.9 Å². The van der Waals surface area contributed by atoms with E-state index in [-0.39, 0.29) is 12.4 Å². The van der Waals surface area contributed by atoms with Crippen LogP contribution in [0.3, 0.4) is 0 Å². The smallest absolute Gasteiger partial charge is 0.253 e. The number of aromatic nitrogens is 2. The number of rotatable bonds is 9. The molecule has 0 saturated heterocycles. The van der Waals surface area contributed by atoms with Gasteiger partial charge in [-0.1, -0.05) is 12.1 Å². The fourth-order valence-corrected chi connectivity index (χ4v) is 4.57. The number of H-pyrrole nitrogens is 1. The fourth-order valence-electron chi connectivity index (χ4n) is 4.34. The molecule has 10 heteroatoms. The molecule has 0 unspecified atom stereocenters. The molecule has 0 aliphatic carbocycles. The summed E-state index contributed by atoms with van der Waals surface area (Å²) in [5.41, 5.74) is 3.17. The third-order valence-corrected chi connectivity index (χ3v) is 6.70. The number of ether oxygens (including phenoxy) is 4. The van der Waals surface area contributed by atoms with E-state index in [1.165, 1.54) is 0 Å². The van der Waals surface area contributed by atoms with Gasteiger partial charge in [-0.25, -0.2) is 0 Å². The Kier molecular flexibility index (Phi) is 7.60. The highest BCUT2D eigenvalue weighted by Crippen LogP contribution is 2.35. The molecule has 0 atom stereocenters. The first-order chi connectivity index (χ1) is 18.5. The van der Waals surface area contributed by atoms with E-state index in [9.17, 15) is 4.79 Å². The fraction of sp³-hybridized carbons (Fsp3) is 0.250. The Morgan fingerprint density at radius 1 is 1.05 bits per heavy atom. The summed E-state index contributed by atoms with van der Waals surface area (Å²) in [5, 5.41) is 4.74. The molecule has 1 aliphatic heterocycles. The summed E-state index contributed by atoms with van der Waals surface area (Å²) in [6.07, 6.45) is 4.25. The number of benzene rings is 2. The number of nitrogens with one attached hydrogen (secondary N) is 2. The second-order valence-electron chi connectivity index (χ2n) is 8.81. The quantitative estimate of drug-likeness (QED) is 0.312. The maximum absolute atomic E-state index is 13.0. The molecule has 0 fully saturated rings. The molecule has 2 aromatic carbocycles. The number of nitrogens with zero attached hydrogens (tertiary/aromatic N) is 2. The summed E-state index contributed by atoms with van der Waals surface area (Å²) < 4.78 is 21.7. The van der Waals surface area contributed by atoms with Crippen LogP contribution in [0.1, 0.15) is 16.7 Å². The van der Waals surface area contributed by atoms with E-state index in [0.717, 1.165) is 22.9 Å². The van der Waals surface area contributed by atoms with Crippen LogP contribution in [0, 0.1) is 0 Å². The molecule has 9 nitrogen and oxygen atoms in total. The SMILES string of the molecule is COc1ccc(CCNC(=S)N(Cc2cccnc2)Cc2cc3cc4c(cc3[nH]c2=O)OCO4)cc1OC. The van der Waals surface area contributed by atoms with Crippen molar-refractivity contribution >= 4 is 28.2 Å². The molecule has 0 radical (unpaired) electrons. The highest BCUT2D eigenvalue weighted by atomic mass is 32.1. The average molecular weight is 533 g/mol. The summed E-state index contributed by atoms with van der Waals surface area (Å²) in [7, 11) is 3.23. The van der Waals surface area contributed by atoms with Gasteiger partial charge in [0.1, 0.15) is 0 Å². The van der Waals surface area contributed by atoms with Crippen molar-refractivity contribution in [2.45, 2.75) is 19.5 Å². The van der Waals surface area contributed by atoms with E-state index in [1.54, 1.807) is 32.7 Å². The van der Waals surface area contributed by atoms with Gasteiger partial charge in [0.15, 0.2) is 28.1 Å². The first-order valence-corrected chi connectivity index (χ1v) is 12.5. The van der Waals surface area contributed by atoms with Crippen molar-refractivity contribution in [2.24, 2.45) is 0 Å². The predicted molar refractivity (Wildman–Crippen MR) is 148 cm³/mol. The Morgan fingerprint density at radius 3 is 2.63 bits per heavy atom.